The van der Waals surface area contributed by atoms with Crippen LogP contribution in [0.1, 0.15) is 39.0 Å². The van der Waals surface area contributed by atoms with E-state index in [2.05, 4.69) is 0 Å². The molecule has 27 heavy (non-hydrogen) atoms. The average Bonchev–Trinajstić information content (AvgIpc) is 2.65. The SMILES string of the molecule is CCOC(=O)CCCCCC(=O)N(CC(=O)N(C)c1ccccc1)C(=O)O. The molecule has 0 saturated carbocycles. The molecule has 148 valence electrons. The zero-order chi connectivity index (χ0) is 20.2. The monoisotopic (exact) mass is 378 g/mol. The number of anilines is 1. The number of nitrogens with zero attached hydrogens (tertiary/aromatic N) is 2. The molecule has 0 saturated heterocycles. The second-order valence-electron chi connectivity index (χ2n) is 5.92. The second-order valence-corrected chi connectivity index (χ2v) is 5.92. The first-order valence-corrected chi connectivity index (χ1v) is 8.87. The molecular weight excluding hydrogens is 352 g/mol. The van der Waals surface area contributed by atoms with Gasteiger partial charge in [-0.1, -0.05) is 24.6 Å². The van der Waals surface area contributed by atoms with Crippen LogP contribution in [0.4, 0.5) is 10.5 Å². The number of carbonyl (C=O) groups is 4. The van der Waals surface area contributed by atoms with Gasteiger partial charge in [-0.3, -0.25) is 14.4 Å². The largest absolute Gasteiger partial charge is 0.466 e. The van der Waals surface area contributed by atoms with E-state index in [1.807, 2.05) is 0 Å². The Morgan fingerprint density at radius 1 is 0.963 bits per heavy atom. The van der Waals surface area contributed by atoms with Crippen molar-refractivity contribution in [2.45, 2.75) is 39.0 Å². The van der Waals surface area contributed by atoms with Crippen LogP contribution in [0.5, 0.6) is 0 Å². The first kappa shape index (κ1) is 22.1. The number of ether oxygens (including phenoxy) is 1. The van der Waals surface area contributed by atoms with Gasteiger partial charge in [-0.25, -0.2) is 9.69 Å². The van der Waals surface area contributed by atoms with Gasteiger partial charge in [-0.15, -0.1) is 0 Å². The summed E-state index contributed by atoms with van der Waals surface area (Å²) in [5.41, 5.74) is 0.610. The van der Waals surface area contributed by atoms with Gasteiger partial charge < -0.3 is 14.7 Å². The minimum Gasteiger partial charge on any atom is -0.466 e. The molecule has 8 heteroatoms. The summed E-state index contributed by atoms with van der Waals surface area (Å²) < 4.78 is 4.81. The maximum atomic E-state index is 12.3. The molecule has 8 nitrogen and oxygen atoms in total. The molecule has 0 spiro atoms. The molecule has 0 heterocycles. The Hall–Kier alpha value is -2.90. The van der Waals surface area contributed by atoms with Crippen molar-refractivity contribution in [1.29, 1.82) is 0 Å². The molecule has 0 fully saturated rings. The van der Waals surface area contributed by atoms with Crippen molar-refractivity contribution in [3.05, 3.63) is 30.3 Å². The molecule has 0 radical (unpaired) electrons. The predicted molar refractivity (Wildman–Crippen MR) is 99.3 cm³/mol. The summed E-state index contributed by atoms with van der Waals surface area (Å²) >= 11 is 0. The van der Waals surface area contributed by atoms with Gasteiger partial charge in [-0.2, -0.15) is 0 Å². The van der Waals surface area contributed by atoms with E-state index < -0.39 is 24.5 Å². The summed E-state index contributed by atoms with van der Waals surface area (Å²) in [4.78, 5) is 48.9. The van der Waals surface area contributed by atoms with Gasteiger partial charge in [0.25, 0.3) is 0 Å². The van der Waals surface area contributed by atoms with Crippen molar-refractivity contribution in [3.63, 3.8) is 0 Å². The normalized spacial score (nSPS) is 10.1. The first-order chi connectivity index (χ1) is 12.9. The molecule has 0 aliphatic heterocycles. The highest BCUT2D eigenvalue weighted by Gasteiger charge is 2.25. The lowest BCUT2D eigenvalue weighted by Gasteiger charge is -2.22. The zero-order valence-corrected chi connectivity index (χ0v) is 15.7. The second kappa shape index (κ2) is 11.7. The van der Waals surface area contributed by atoms with Crippen LogP contribution in [0.2, 0.25) is 0 Å². The fourth-order valence-electron chi connectivity index (χ4n) is 2.39. The van der Waals surface area contributed by atoms with E-state index in [-0.39, 0.29) is 18.8 Å². The third-order valence-corrected chi connectivity index (χ3v) is 3.92. The first-order valence-electron chi connectivity index (χ1n) is 8.87. The number of imide groups is 1. The minimum absolute atomic E-state index is 0.00252. The molecule has 0 aromatic heterocycles. The Morgan fingerprint density at radius 3 is 2.19 bits per heavy atom. The van der Waals surface area contributed by atoms with Gasteiger partial charge in [0, 0.05) is 25.6 Å². The molecule has 3 amide bonds. The van der Waals surface area contributed by atoms with Crippen molar-refractivity contribution in [2.24, 2.45) is 0 Å². The number of benzene rings is 1. The third-order valence-electron chi connectivity index (χ3n) is 3.92. The van der Waals surface area contributed by atoms with Crippen LogP contribution in [0, 0.1) is 0 Å². The summed E-state index contributed by atoms with van der Waals surface area (Å²) in [6.45, 7) is 1.52. The van der Waals surface area contributed by atoms with Gasteiger partial charge in [0.1, 0.15) is 6.54 Å². The lowest BCUT2D eigenvalue weighted by atomic mass is 10.1. The van der Waals surface area contributed by atoms with Gasteiger partial charge in [0.2, 0.25) is 11.8 Å². The van der Waals surface area contributed by atoms with Crippen molar-refractivity contribution in [3.8, 4) is 0 Å². The molecule has 1 rings (SSSR count). The number of carbonyl (C=O) groups excluding carboxylic acids is 3. The van der Waals surface area contributed by atoms with Crippen LogP contribution in [0.3, 0.4) is 0 Å². The fourth-order valence-corrected chi connectivity index (χ4v) is 2.39. The summed E-state index contributed by atoms with van der Waals surface area (Å²) in [7, 11) is 1.53. The Kier molecular flexibility index (Phi) is 9.57. The molecule has 1 N–H and O–H groups in total. The van der Waals surface area contributed by atoms with Crippen LogP contribution < -0.4 is 4.90 Å². The van der Waals surface area contributed by atoms with E-state index in [0.29, 0.717) is 36.5 Å². The lowest BCUT2D eigenvalue weighted by molar-refractivity contribution is -0.143. The third kappa shape index (κ3) is 7.89. The van der Waals surface area contributed by atoms with Crippen molar-refractivity contribution >= 4 is 29.6 Å². The number of unbranched alkanes of at least 4 members (excludes halogenated alkanes) is 2. The molecule has 1 aromatic carbocycles. The summed E-state index contributed by atoms with van der Waals surface area (Å²) in [5, 5.41) is 9.25. The average molecular weight is 378 g/mol. The van der Waals surface area contributed by atoms with E-state index in [9.17, 15) is 24.3 Å². The standard InChI is InChI=1S/C19H26N2O6/c1-3-27-18(24)13-9-5-8-12-16(22)21(19(25)26)14-17(23)20(2)15-10-6-4-7-11-15/h4,6-7,10-11H,3,5,8-9,12-14H2,1-2H3,(H,25,26). The van der Waals surface area contributed by atoms with Gasteiger partial charge >= 0.3 is 12.1 Å². The number of carboxylic acid groups (broad SMARTS) is 1. The number of hydrogen-bond donors (Lipinski definition) is 1. The fraction of sp³-hybridized carbons (Fsp3) is 0.474. The van der Waals surface area contributed by atoms with Crippen molar-refractivity contribution in [2.75, 3.05) is 25.1 Å². The number of amides is 3. The highest BCUT2D eigenvalue weighted by Crippen LogP contribution is 2.12. The number of likely N-dealkylation sites (N-methyl/N-ethyl adjacent to an activating group) is 1. The van der Waals surface area contributed by atoms with E-state index in [0.717, 1.165) is 0 Å². The van der Waals surface area contributed by atoms with E-state index in [4.69, 9.17) is 4.74 Å². The Bertz CT molecular complexity index is 647. The van der Waals surface area contributed by atoms with Gasteiger partial charge in [0.05, 0.1) is 6.61 Å². The summed E-state index contributed by atoms with van der Waals surface area (Å²) in [6, 6.07) is 8.75. The molecule has 0 atom stereocenters. The lowest BCUT2D eigenvalue weighted by Crippen LogP contribution is -2.44. The molecular formula is C19H26N2O6. The molecule has 0 aliphatic rings. The molecule has 1 aromatic rings. The van der Waals surface area contributed by atoms with E-state index in [1.165, 1.54) is 11.9 Å². The van der Waals surface area contributed by atoms with E-state index in [1.54, 1.807) is 37.3 Å². The number of para-hydroxylation sites is 1. The quantitative estimate of drug-likeness (QED) is 0.496. The summed E-state index contributed by atoms with van der Waals surface area (Å²) in [6.07, 6.45) is 0.402. The van der Waals surface area contributed by atoms with Crippen molar-refractivity contribution < 1.29 is 29.0 Å². The summed E-state index contributed by atoms with van der Waals surface area (Å²) in [5.74, 6) is -1.42. The van der Waals surface area contributed by atoms with Crippen LogP contribution >= 0.6 is 0 Å². The topological polar surface area (TPSA) is 104 Å². The highest BCUT2D eigenvalue weighted by molar-refractivity contribution is 6.00. The van der Waals surface area contributed by atoms with Crippen LogP contribution in [-0.2, 0) is 19.1 Å². The van der Waals surface area contributed by atoms with Gasteiger partial charge in [-0.05, 0) is 31.9 Å². The molecule has 0 bridgehead atoms. The molecule has 0 aliphatic carbocycles. The predicted octanol–water partition coefficient (Wildman–Crippen LogP) is 2.67. The maximum absolute atomic E-state index is 12.3. The van der Waals surface area contributed by atoms with Crippen LogP contribution in [0.15, 0.2) is 30.3 Å². The molecule has 0 unspecified atom stereocenters. The minimum atomic E-state index is -1.46. The highest BCUT2D eigenvalue weighted by atomic mass is 16.5. The number of esters is 1. The number of hydrogen-bond acceptors (Lipinski definition) is 5. The smallest absolute Gasteiger partial charge is 0.414 e. The number of rotatable bonds is 10. The van der Waals surface area contributed by atoms with Crippen molar-refractivity contribution in [1.82, 2.24) is 4.90 Å². The maximum Gasteiger partial charge on any atom is 0.414 e. The Morgan fingerprint density at radius 2 is 1.59 bits per heavy atom. The van der Waals surface area contributed by atoms with Crippen LogP contribution in [0.25, 0.3) is 0 Å². The Labute approximate surface area is 158 Å². The van der Waals surface area contributed by atoms with Gasteiger partial charge in [0.15, 0.2) is 0 Å². The van der Waals surface area contributed by atoms with E-state index >= 15 is 0 Å². The van der Waals surface area contributed by atoms with Crippen LogP contribution in [-0.4, -0.2) is 54.1 Å². The zero-order valence-electron chi connectivity index (χ0n) is 15.7. The Balaban J connectivity index is 2.47.